The smallest absolute Gasteiger partial charge is 0.462 e. The van der Waals surface area contributed by atoms with E-state index in [2.05, 4.69) is 18.4 Å². The fraction of sp³-hybridized carbons (Fsp3) is 0.956. The van der Waals surface area contributed by atoms with Crippen LogP contribution in [0.4, 0.5) is 0 Å². The molecule has 54 heavy (non-hydrogen) atoms. The van der Waals surface area contributed by atoms with E-state index in [1.807, 2.05) is 0 Å². The lowest BCUT2D eigenvalue weighted by atomic mass is 10.0. The molecule has 0 radical (unpaired) electrons. The maximum absolute atomic E-state index is 12.4. The minimum Gasteiger partial charge on any atom is -0.462 e. The Morgan fingerprint density at radius 3 is 0.944 bits per heavy atom. The summed E-state index contributed by atoms with van der Waals surface area (Å²) in [5.41, 5.74) is 0. The van der Waals surface area contributed by atoms with Crippen molar-refractivity contribution in [2.45, 2.75) is 264 Å². The van der Waals surface area contributed by atoms with Crippen molar-refractivity contribution in [3.8, 4) is 0 Å². The van der Waals surface area contributed by atoms with Crippen LogP contribution in [-0.4, -0.2) is 41.0 Å². The van der Waals surface area contributed by atoms with Gasteiger partial charge in [0.05, 0.1) is 6.61 Å². The predicted molar refractivity (Wildman–Crippen MR) is 226 cm³/mol. The first-order valence-electron chi connectivity index (χ1n) is 23.3. The molecule has 0 bridgehead atoms. The van der Waals surface area contributed by atoms with Crippen molar-refractivity contribution >= 4 is 19.8 Å². The van der Waals surface area contributed by atoms with Gasteiger partial charge in [-0.05, 0) is 12.8 Å². The maximum atomic E-state index is 12.4. The van der Waals surface area contributed by atoms with E-state index in [-0.39, 0.29) is 19.4 Å². The SMILES string of the molecule is CCCCCCCCCCCCCCCCCCCCCCC(=O)OC[C@H](COP(=O)(O)O)OC(=O)CCCCCCCCCCCCCCCCCC. The number of ether oxygens (including phenoxy) is 2. The summed E-state index contributed by atoms with van der Waals surface area (Å²) in [5.74, 6) is -0.864. The number of carbonyl (C=O) groups is 2. The van der Waals surface area contributed by atoms with E-state index in [9.17, 15) is 14.2 Å². The summed E-state index contributed by atoms with van der Waals surface area (Å²) in [5, 5.41) is 0. The van der Waals surface area contributed by atoms with Crippen LogP contribution in [0.25, 0.3) is 0 Å². The molecule has 0 saturated heterocycles. The second-order valence-electron chi connectivity index (χ2n) is 16.1. The molecule has 0 saturated carbocycles. The van der Waals surface area contributed by atoms with Gasteiger partial charge in [0.15, 0.2) is 6.10 Å². The first-order chi connectivity index (χ1) is 26.3. The molecule has 0 heterocycles. The highest BCUT2D eigenvalue weighted by atomic mass is 31.2. The van der Waals surface area contributed by atoms with E-state index < -0.39 is 32.5 Å². The first kappa shape index (κ1) is 53.0. The van der Waals surface area contributed by atoms with Crippen LogP contribution in [0.15, 0.2) is 0 Å². The number of rotatable bonds is 44. The van der Waals surface area contributed by atoms with Gasteiger partial charge in [-0.25, -0.2) is 4.57 Å². The van der Waals surface area contributed by atoms with E-state index in [0.29, 0.717) is 6.42 Å². The van der Waals surface area contributed by atoms with Gasteiger partial charge in [-0.2, -0.15) is 0 Å². The topological polar surface area (TPSA) is 119 Å². The highest BCUT2D eigenvalue weighted by Crippen LogP contribution is 2.36. The van der Waals surface area contributed by atoms with Gasteiger partial charge in [0.1, 0.15) is 6.61 Å². The molecule has 0 aromatic carbocycles. The average molecular weight is 789 g/mol. The number of phosphoric ester groups is 1. The van der Waals surface area contributed by atoms with E-state index >= 15 is 0 Å². The Morgan fingerprint density at radius 1 is 0.407 bits per heavy atom. The number of hydrogen-bond acceptors (Lipinski definition) is 6. The maximum Gasteiger partial charge on any atom is 0.469 e. The molecule has 0 aromatic rings. The molecular weight excluding hydrogens is 699 g/mol. The Bertz CT molecular complexity index is 848. The number of phosphoric acid groups is 1. The Morgan fingerprint density at radius 2 is 0.667 bits per heavy atom. The summed E-state index contributed by atoms with van der Waals surface area (Å²) in [6, 6.07) is 0. The zero-order valence-electron chi connectivity index (χ0n) is 35.7. The number of unbranched alkanes of at least 4 members (excludes halogenated alkanes) is 34. The van der Waals surface area contributed by atoms with E-state index in [1.165, 1.54) is 193 Å². The van der Waals surface area contributed by atoms with Crippen LogP contribution in [-0.2, 0) is 28.2 Å². The van der Waals surface area contributed by atoms with E-state index in [4.69, 9.17) is 19.3 Å². The summed E-state index contributed by atoms with van der Waals surface area (Å²) < 4.78 is 26.5. The molecular formula is C45H89O8P. The van der Waals surface area contributed by atoms with Crippen LogP contribution in [0, 0.1) is 0 Å². The lowest BCUT2D eigenvalue weighted by Crippen LogP contribution is -2.29. The lowest BCUT2D eigenvalue weighted by molar-refractivity contribution is -0.161. The van der Waals surface area contributed by atoms with Crippen LogP contribution >= 0.6 is 7.82 Å². The Kier molecular flexibility index (Phi) is 40.9. The van der Waals surface area contributed by atoms with Crippen molar-refractivity contribution in [1.29, 1.82) is 0 Å². The van der Waals surface area contributed by atoms with Crippen molar-refractivity contribution in [3.63, 3.8) is 0 Å². The standard InChI is InChI=1S/C45H89O8P/c1-3-5-7-9-11-13-15-17-19-21-22-23-24-26-27-29-31-33-35-37-39-44(46)51-41-43(42-52-54(48,49)50)53-45(47)40-38-36-34-32-30-28-25-20-18-16-14-12-10-8-6-4-2/h43H,3-42H2,1-2H3,(H2,48,49,50)/t43-/m1/s1. The van der Waals surface area contributed by atoms with Gasteiger partial charge in [-0.15, -0.1) is 0 Å². The van der Waals surface area contributed by atoms with Crippen LogP contribution in [0.3, 0.4) is 0 Å². The molecule has 0 aliphatic carbocycles. The van der Waals surface area contributed by atoms with Gasteiger partial charge in [0.25, 0.3) is 0 Å². The van der Waals surface area contributed by atoms with Crippen molar-refractivity contribution in [2.24, 2.45) is 0 Å². The molecule has 9 heteroatoms. The predicted octanol–water partition coefficient (Wildman–Crippen LogP) is 14.4. The Labute approximate surface area is 334 Å². The van der Waals surface area contributed by atoms with E-state index in [0.717, 1.165) is 32.1 Å². The summed E-state index contributed by atoms with van der Waals surface area (Å²) in [6.07, 6.45) is 45.4. The van der Waals surface area contributed by atoms with Gasteiger partial charge in [-0.3, -0.25) is 14.1 Å². The normalized spacial score (nSPS) is 12.3. The van der Waals surface area contributed by atoms with Crippen LogP contribution < -0.4 is 0 Å². The third-order valence-corrected chi connectivity index (χ3v) is 11.1. The lowest BCUT2D eigenvalue weighted by Gasteiger charge is -2.18. The number of carbonyl (C=O) groups excluding carboxylic acids is 2. The molecule has 0 unspecified atom stereocenters. The van der Waals surface area contributed by atoms with Crippen molar-refractivity contribution in [1.82, 2.24) is 0 Å². The molecule has 0 aliphatic heterocycles. The van der Waals surface area contributed by atoms with Crippen LogP contribution in [0.2, 0.25) is 0 Å². The molecule has 0 amide bonds. The fourth-order valence-electron chi connectivity index (χ4n) is 7.14. The minimum atomic E-state index is -4.75. The van der Waals surface area contributed by atoms with Crippen LogP contribution in [0.5, 0.6) is 0 Å². The van der Waals surface area contributed by atoms with Gasteiger partial charge in [-0.1, -0.05) is 232 Å². The summed E-state index contributed by atoms with van der Waals surface area (Å²) in [7, 11) is -4.75. The fourth-order valence-corrected chi connectivity index (χ4v) is 7.50. The Balaban J connectivity index is 3.79. The highest BCUT2D eigenvalue weighted by molar-refractivity contribution is 7.46. The van der Waals surface area contributed by atoms with Gasteiger partial charge in [0, 0.05) is 12.8 Å². The number of esters is 2. The average Bonchev–Trinajstić information content (AvgIpc) is 3.14. The number of hydrogen-bond donors (Lipinski definition) is 2. The van der Waals surface area contributed by atoms with Gasteiger partial charge in [0.2, 0.25) is 0 Å². The molecule has 2 N–H and O–H groups in total. The molecule has 0 spiro atoms. The Hall–Kier alpha value is -0.950. The monoisotopic (exact) mass is 789 g/mol. The molecule has 322 valence electrons. The second-order valence-corrected chi connectivity index (χ2v) is 17.3. The summed E-state index contributed by atoms with van der Waals surface area (Å²) in [4.78, 5) is 43.0. The van der Waals surface area contributed by atoms with Gasteiger partial charge >= 0.3 is 19.8 Å². The zero-order valence-corrected chi connectivity index (χ0v) is 36.5. The van der Waals surface area contributed by atoms with Crippen LogP contribution in [0.1, 0.15) is 258 Å². The van der Waals surface area contributed by atoms with Gasteiger partial charge < -0.3 is 19.3 Å². The van der Waals surface area contributed by atoms with Crippen molar-refractivity contribution in [2.75, 3.05) is 13.2 Å². The molecule has 0 rings (SSSR count). The second kappa shape index (κ2) is 41.7. The molecule has 0 aromatic heterocycles. The third-order valence-electron chi connectivity index (χ3n) is 10.6. The highest BCUT2D eigenvalue weighted by Gasteiger charge is 2.23. The zero-order chi connectivity index (χ0) is 39.6. The van der Waals surface area contributed by atoms with E-state index in [1.54, 1.807) is 0 Å². The first-order valence-corrected chi connectivity index (χ1v) is 24.9. The summed E-state index contributed by atoms with van der Waals surface area (Å²) >= 11 is 0. The molecule has 0 fully saturated rings. The largest absolute Gasteiger partial charge is 0.469 e. The van der Waals surface area contributed by atoms with Crippen molar-refractivity contribution < 1.29 is 37.9 Å². The van der Waals surface area contributed by atoms with Crippen molar-refractivity contribution in [3.05, 3.63) is 0 Å². The summed E-state index contributed by atoms with van der Waals surface area (Å²) in [6.45, 7) is 3.74. The molecule has 0 aliphatic rings. The molecule has 1 atom stereocenters. The third kappa shape index (κ3) is 43.8. The molecule has 8 nitrogen and oxygen atoms in total. The quantitative estimate of drug-likeness (QED) is 0.0356. The minimum absolute atomic E-state index is 0.220.